The summed E-state index contributed by atoms with van der Waals surface area (Å²) in [4.78, 5) is 11.5. The number of hydrazone groups is 1. The van der Waals surface area contributed by atoms with Gasteiger partial charge in [-0.05, 0) is 19.3 Å². The molecule has 4 heteroatoms. The zero-order valence-electron chi connectivity index (χ0n) is 8.28. The first-order chi connectivity index (χ1) is 6.81. The third kappa shape index (κ3) is 1.80. The maximum atomic E-state index is 11.5. The smallest absolute Gasteiger partial charge is 0.243 e. The highest BCUT2D eigenvalue weighted by atomic mass is 16.3. The Morgan fingerprint density at radius 1 is 1.50 bits per heavy atom. The predicted octanol–water partition coefficient (Wildman–Crippen LogP) is 0.757. The van der Waals surface area contributed by atoms with E-state index in [4.69, 9.17) is 5.11 Å². The number of nitrogens with zero attached hydrogens (tertiary/aromatic N) is 2. The van der Waals surface area contributed by atoms with Gasteiger partial charge in [0.2, 0.25) is 5.91 Å². The van der Waals surface area contributed by atoms with Gasteiger partial charge >= 0.3 is 0 Å². The Morgan fingerprint density at radius 3 is 3.14 bits per heavy atom. The molecule has 1 heterocycles. The maximum absolute atomic E-state index is 11.5. The summed E-state index contributed by atoms with van der Waals surface area (Å²) in [5.41, 5.74) is 1.17. The monoisotopic (exact) mass is 196 g/mol. The summed E-state index contributed by atoms with van der Waals surface area (Å²) >= 11 is 0. The zero-order chi connectivity index (χ0) is 9.97. The van der Waals surface area contributed by atoms with Crippen LogP contribution in [0.5, 0.6) is 0 Å². The highest BCUT2D eigenvalue weighted by Crippen LogP contribution is 2.28. The molecule has 0 bridgehead atoms. The normalized spacial score (nSPS) is 27.2. The average molecular weight is 196 g/mol. The fourth-order valence-electron chi connectivity index (χ4n) is 2.22. The summed E-state index contributed by atoms with van der Waals surface area (Å²) in [6, 6.07) is 0. The number of aliphatic hydroxyl groups excluding tert-OH is 1. The minimum absolute atomic E-state index is 0.00676. The Balaban J connectivity index is 2.11. The van der Waals surface area contributed by atoms with Gasteiger partial charge in [-0.15, -0.1) is 0 Å². The van der Waals surface area contributed by atoms with Gasteiger partial charge in [-0.2, -0.15) is 5.10 Å². The van der Waals surface area contributed by atoms with Crippen LogP contribution in [0.2, 0.25) is 0 Å². The number of carbonyl (C=O) groups is 1. The molecule has 1 fully saturated rings. The third-order valence-electron chi connectivity index (χ3n) is 2.98. The van der Waals surface area contributed by atoms with E-state index >= 15 is 0 Å². The van der Waals surface area contributed by atoms with Crippen LogP contribution in [0.25, 0.3) is 0 Å². The van der Waals surface area contributed by atoms with Gasteiger partial charge in [-0.3, -0.25) is 4.79 Å². The summed E-state index contributed by atoms with van der Waals surface area (Å²) in [6.45, 7) is 0.336. The molecule has 78 valence electrons. The van der Waals surface area contributed by atoms with E-state index in [1.165, 1.54) is 23.6 Å². The van der Waals surface area contributed by atoms with E-state index in [1.807, 2.05) is 0 Å². The Labute approximate surface area is 83.6 Å². The molecule has 1 aliphatic heterocycles. The number of hydrogen-bond donors (Lipinski definition) is 1. The number of hydrogen-bond acceptors (Lipinski definition) is 3. The fourth-order valence-corrected chi connectivity index (χ4v) is 2.22. The van der Waals surface area contributed by atoms with Crippen molar-refractivity contribution in [2.24, 2.45) is 11.0 Å². The second-order valence-electron chi connectivity index (χ2n) is 3.98. The topological polar surface area (TPSA) is 52.9 Å². The first-order valence-corrected chi connectivity index (χ1v) is 5.30. The molecular weight excluding hydrogens is 180 g/mol. The summed E-state index contributed by atoms with van der Waals surface area (Å²) in [6.07, 6.45) is 5.14. The van der Waals surface area contributed by atoms with Gasteiger partial charge in [-0.25, -0.2) is 5.01 Å². The number of carbonyl (C=O) groups excluding carboxylic acids is 1. The lowest BCUT2D eigenvalue weighted by Crippen LogP contribution is -2.39. The van der Waals surface area contributed by atoms with Crippen molar-refractivity contribution in [1.29, 1.82) is 0 Å². The number of β-amino-alcohol motifs (C(OH)–C–C–N with tert-alkyl or cyclic N) is 1. The molecule has 0 saturated heterocycles. The second kappa shape index (κ2) is 4.09. The molecule has 0 aromatic carbocycles. The molecule has 14 heavy (non-hydrogen) atoms. The minimum Gasteiger partial charge on any atom is -0.394 e. The van der Waals surface area contributed by atoms with Gasteiger partial charge in [0, 0.05) is 18.1 Å². The molecule has 1 aliphatic carbocycles. The first-order valence-electron chi connectivity index (χ1n) is 5.30. The molecule has 1 saturated carbocycles. The lowest BCUT2D eigenvalue weighted by molar-refractivity contribution is -0.133. The van der Waals surface area contributed by atoms with E-state index < -0.39 is 0 Å². The van der Waals surface area contributed by atoms with Crippen molar-refractivity contribution in [2.75, 3.05) is 13.2 Å². The molecular formula is C10H16N2O2. The molecule has 1 amide bonds. The Morgan fingerprint density at radius 2 is 2.36 bits per heavy atom. The standard InChI is InChI=1S/C10H16N2O2/c13-6-5-12-10(14)7-8-3-1-2-4-9(8)11-12/h8,13H,1-7H2. The molecule has 0 aromatic heterocycles. The van der Waals surface area contributed by atoms with Crippen LogP contribution in [0.15, 0.2) is 5.10 Å². The molecule has 0 spiro atoms. The van der Waals surface area contributed by atoms with Crippen LogP contribution in [-0.4, -0.2) is 34.9 Å². The van der Waals surface area contributed by atoms with Crippen LogP contribution in [0.3, 0.4) is 0 Å². The van der Waals surface area contributed by atoms with Gasteiger partial charge < -0.3 is 5.11 Å². The van der Waals surface area contributed by atoms with Crippen LogP contribution in [0.1, 0.15) is 32.1 Å². The number of amides is 1. The minimum atomic E-state index is -0.00676. The van der Waals surface area contributed by atoms with Crippen molar-refractivity contribution in [3.8, 4) is 0 Å². The molecule has 2 aliphatic rings. The number of fused-ring (bicyclic) bond motifs is 1. The third-order valence-corrected chi connectivity index (χ3v) is 2.98. The van der Waals surface area contributed by atoms with Crippen molar-refractivity contribution < 1.29 is 9.90 Å². The number of rotatable bonds is 2. The SMILES string of the molecule is O=C1CC2CCCCC2=NN1CCO. The molecule has 0 radical (unpaired) electrons. The van der Waals surface area contributed by atoms with E-state index in [9.17, 15) is 4.79 Å². The number of aliphatic hydroxyl groups is 1. The lowest BCUT2D eigenvalue weighted by Gasteiger charge is -2.31. The van der Waals surface area contributed by atoms with E-state index in [1.54, 1.807) is 0 Å². The lowest BCUT2D eigenvalue weighted by atomic mass is 9.84. The van der Waals surface area contributed by atoms with Gasteiger partial charge in [0.25, 0.3) is 0 Å². The van der Waals surface area contributed by atoms with Crippen molar-refractivity contribution in [3.05, 3.63) is 0 Å². The van der Waals surface area contributed by atoms with Gasteiger partial charge in [0.05, 0.1) is 13.2 Å². The van der Waals surface area contributed by atoms with Gasteiger partial charge in [-0.1, -0.05) is 6.42 Å². The van der Waals surface area contributed by atoms with Crippen molar-refractivity contribution in [3.63, 3.8) is 0 Å². The molecule has 1 atom stereocenters. The highest BCUT2D eigenvalue weighted by Gasteiger charge is 2.30. The Bertz CT molecular complexity index is 263. The highest BCUT2D eigenvalue weighted by molar-refractivity contribution is 5.94. The van der Waals surface area contributed by atoms with E-state index in [0.717, 1.165) is 12.8 Å². The molecule has 4 nitrogen and oxygen atoms in total. The van der Waals surface area contributed by atoms with Gasteiger partial charge in [0.1, 0.15) is 0 Å². The van der Waals surface area contributed by atoms with Crippen LogP contribution >= 0.6 is 0 Å². The Hall–Kier alpha value is -0.900. The van der Waals surface area contributed by atoms with Crippen LogP contribution in [0.4, 0.5) is 0 Å². The summed E-state index contributed by atoms with van der Waals surface area (Å²) in [7, 11) is 0. The largest absolute Gasteiger partial charge is 0.394 e. The summed E-state index contributed by atoms with van der Waals surface area (Å²) in [5, 5.41) is 14.5. The van der Waals surface area contributed by atoms with Crippen LogP contribution in [-0.2, 0) is 4.79 Å². The zero-order valence-corrected chi connectivity index (χ0v) is 8.28. The fraction of sp³-hybridized carbons (Fsp3) is 0.800. The van der Waals surface area contributed by atoms with Crippen LogP contribution in [0, 0.1) is 5.92 Å². The van der Waals surface area contributed by atoms with Crippen molar-refractivity contribution in [2.45, 2.75) is 32.1 Å². The van der Waals surface area contributed by atoms with Gasteiger partial charge in [0.15, 0.2) is 0 Å². The Kier molecular flexibility index (Phi) is 2.82. The molecule has 1 N–H and O–H groups in total. The summed E-state index contributed by atoms with van der Waals surface area (Å²) < 4.78 is 0. The quantitative estimate of drug-likeness (QED) is 0.708. The predicted molar refractivity (Wildman–Crippen MR) is 52.8 cm³/mol. The molecule has 2 rings (SSSR count). The average Bonchev–Trinajstić information content (AvgIpc) is 2.19. The van der Waals surface area contributed by atoms with E-state index in [-0.39, 0.29) is 12.5 Å². The van der Waals surface area contributed by atoms with Crippen LogP contribution < -0.4 is 0 Å². The maximum Gasteiger partial charge on any atom is 0.243 e. The first kappa shape index (κ1) is 9.65. The van der Waals surface area contributed by atoms with E-state index in [2.05, 4.69) is 5.10 Å². The van der Waals surface area contributed by atoms with Crippen molar-refractivity contribution >= 4 is 11.6 Å². The molecule has 0 aromatic rings. The van der Waals surface area contributed by atoms with Crippen molar-refractivity contribution in [1.82, 2.24) is 5.01 Å². The van der Waals surface area contributed by atoms with E-state index in [0.29, 0.717) is 18.9 Å². The second-order valence-corrected chi connectivity index (χ2v) is 3.98. The molecule has 1 unspecified atom stereocenters. The summed E-state index contributed by atoms with van der Waals surface area (Å²) in [5.74, 6) is 0.459.